The molecule has 0 aromatic heterocycles. The summed E-state index contributed by atoms with van der Waals surface area (Å²) in [7, 11) is 0. The van der Waals surface area contributed by atoms with E-state index in [9.17, 15) is 0 Å². The highest BCUT2D eigenvalue weighted by Crippen LogP contribution is 2.15. The summed E-state index contributed by atoms with van der Waals surface area (Å²) < 4.78 is 1.18. The summed E-state index contributed by atoms with van der Waals surface area (Å²) in [6.07, 6.45) is 2.32. The predicted octanol–water partition coefficient (Wildman–Crippen LogP) is 4.17. The van der Waals surface area contributed by atoms with Crippen LogP contribution in [0.25, 0.3) is 0 Å². The highest BCUT2D eigenvalue weighted by Gasteiger charge is 1.97. The Balaban J connectivity index is 1.66. The summed E-state index contributed by atoms with van der Waals surface area (Å²) in [5.41, 5.74) is 2.73. The standard InChI is InChI=1S/C16H18BrN/c17-16-11-5-4-10-15(16)13-18-12-6-9-14-7-2-1-3-8-14/h1-5,7-8,10-11,18H,6,9,12-13H2. The van der Waals surface area contributed by atoms with E-state index < -0.39 is 0 Å². The van der Waals surface area contributed by atoms with Crippen molar-refractivity contribution in [2.75, 3.05) is 6.54 Å². The van der Waals surface area contributed by atoms with Gasteiger partial charge in [0.1, 0.15) is 0 Å². The molecule has 2 heteroatoms. The lowest BCUT2D eigenvalue weighted by atomic mass is 10.1. The second-order valence-corrected chi connectivity index (χ2v) is 5.21. The van der Waals surface area contributed by atoms with Crippen LogP contribution in [0.15, 0.2) is 59.1 Å². The number of rotatable bonds is 6. The molecule has 0 aliphatic rings. The SMILES string of the molecule is Brc1ccccc1CNCCCc1ccccc1. The highest BCUT2D eigenvalue weighted by molar-refractivity contribution is 9.10. The van der Waals surface area contributed by atoms with Crippen molar-refractivity contribution in [2.24, 2.45) is 0 Å². The van der Waals surface area contributed by atoms with Crippen molar-refractivity contribution in [3.05, 3.63) is 70.2 Å². The summed E-state index contributed by atoms with van der Waals surface area (Å²) in [5, 5.41) is 3.48. The fraction of sp³-hybridized carbons (Fsp3) is 0.250. The van der Waals surface area contributed by atoms with Crippen molar-refractivity contribution in [2.45, 2.75) is 19.4 Å². The van der Waals surface area contributed by atoms with Crippen molar-refractivity contribution in [3.8, 4) is 0 Å². The Bertz CT molecular complexity index is 468. The van der Waals surface area contributed by atoms with Crippen molar-refractivity contribution in [3.63, 3.8) is 0 Å². The minimum absolute atomic E-state index is 0.927. The molecule has 0 aliphatic heterocycles. The highest BCUT2D eigenvalue weighted by atomic mass is 79.9. The van der Waals surface area contributed by atoms with Crippen molar-refractivity contribution < 1.29 is 0 Å². The quantitative estimate of drug-likeness (QED) is 0.790. The van der Waals surface area contributed by atoms with Gasteiger partial charge in [-0.1, -0.05) is 64.5 Å². The Kier molecular flexibility index (Phi) is 5.43. The first kappa shape index (κ1) is 13.3. The molecule has 0 saturated carbocycles. The van der Waals surface area contributed by atoms with E-state index in [0.29, 0.717) is 0 Å². The lowest BCUT2D eigenvalue weighted by Gasteiger charge is -2.06. The van der Waals surface area contributed by atoms with Gasteiger partial charge in [-0.3, -0.25) is 0 Å². The van der Waals surface area contributed by atoms with E-state index in [-0.39, 0.29) is 0 Å². The van der Waals surface area contributed by atoms with Crippen molar-refractivity contribution in [1.82, 2.24) is 5.32 Å². The van der Waals surface area contributed by atoms with Crippen LogP contribution in [0.4, 0.5) is 0 Å². The lowest BCUT2D eigenvalue weighted by molar-refractivity contribution is 0.648. The van der Waals surface area contributed by atoms with E-state index in [1.807, 2.05) is 6.07 Å². The van der Waals surface area contributed by atoms with E-state index in [2.05, 4.69) is 69.8 Å². The maximum absolute atomic E-state index is 3.56. The molecule has 0 aliphatic carbocycles. The third-order valence-electron chi connectivity index (χ3n) is 2.94. The normalized spacial score (nSPS) is 10.5. The molecular weight excluding hydrogens is 286 g/mol. The fourth-order valence-corrected chi connectivity index (χ4v) is 2.35. The second-order valence-electron chi connectivity index (χ2n) is 4.36. The molecule has 2 aromatic rings. The molecular formula is C16H18BrN. The minimum Gasteiger partial charge on any atom is -0.313 e. The summed E-state index contributed by atoms with van der Waals surface area (Å²) in [6.45, 7) is 1.98. The van der Waals surface area contributed by atoms with Gasteiger partial charge >= 0.3 is 0 Å². The van der Waals surface area contributed by atoms with Gasteiger partial charge in [-0.15, -0.1) is 0 Å². The Labute approximate surface area is 117 Å². The van der Waals surface area contributed by atoms with Gasteiger partial charge in [-0.2, -0.15) is 0 Å². The van der Waals surface area contributed by atoms with E-state index in [1.165, 1.54) is 22.0 Å². The number of halogens is 1. The Hall–Kier alpha value is -1.12. The molecule has 1 N–H and O–H groups in total. The molecule has 0 unspecified atom stereocenters. The second kappa shape index (κ2) is 7.34. The van der Waals surface area contributed by atoms with Gasteiger partial charge < -0.3 is 5.32 Å². The molecule has 0 heterocycles. The maximum Gasteiger partial charge on any atom is 0.0220 e. The van der Waals surface area contributed by atoms with Gasteiger partial charge in [0.2, 0.25) is 0 Å². The molecule has 0 atom stereocenters. The monoisotopic (exact) mass is 303 g/mol. The first-order chi connectivity index (χ1) is 8.86. The summed E-state index contributed by atoms with van der Waals surface area (Å²) in [5.74, 6) is 0. The molecule has 94 valence electrons. The van der Waals surface area contributed by atoms with E-state index >= 15 is 0 Å². The van der Waals surface area contributed by atoms with Crippen molar-refractivity contribution in [1.29, 1.82) is 0 Å². The van der Waals surface area contributed by atoms with Crippen LogP contribution >= 0.6 is 15.9 Å². The van der Waals surface area contributed by atoms with Gasteiger partial charge in [0, 0.05) is 11.0 Å². The van der Waals surface area contributed by atoms with Gasteiger partial charge in [-0.05, 0) is 36.6 Å². The number of nitrogens with one attached hydrogen (secondary N) is 1. The van der Waals surface area contributed by atoms with E-state index in [4.69, 9.17) is 0 Å². The summed E-state index contributed by atoms with van der Waals surface area (Å²) >= 11 is 3.56. The molecule has 0 radical (unpaired) electrons. The molecule has 0 bridgehead atoms. The lowest BCUT2D eigenvalue weighted by Crippen LogP contribution is -2.15. The van der Waals surface area contributed by atoms with Gasteiger partial charge in [-0.25, -0.2) is 0 Å². The van der Waals surface area contributed by atoms with E-state index in [0.717, 1.165) is 19.5 Å². The average Bonchev–Trinajstić information content (AvgIpc) is 2.42. The Morgan fingerprint density at radius 3 is 2.39 bits per heavy atom. The molecule has 0 fully saturated rings. The molecule has 2 aromatic carbocycles. The number of benzene rings is 2. The molecule has 2 rings (SSSR count). The zero-order valence-electron chi connectivity index (χ0n) is 10.4. The third kappa shape index (κ3) is 4.28. The molecule has 0 saturated heterocycles. The molecule has 0 amide bonds. The topological polar surface area (TPSA) is 12.0 Å². The van der Waals surface area contributed by atoms with Gasteiger partial charge in [0.05, 0.1) is 0 Å². The Morgan fingerprint density at radius 1 is 0.889 bits per heavy atom. The third-order valence-corrected chi connectivity index (χ3v) is 3.71. The number of hydrogen-bond acceptors (Lipinski definition) is 1. The van der Waals surface area contributed by atoms with E-state index in [1.54, 1.807) is 0 Å². The van der Waals surface area contributed by atoms with Crippen LogP contribution in [-0.4, -0.2) is 6.54 Å². The van der Waals surface area contributed by atoms with Gasteiger partial charge in [0.15, 0.2) is 0 Å². The molecule has 0 spiro atoms. The van der Waals surface area contributed by atoms with Crippen molar-refractivity contribution >= 4 is 15.9 Å². The predicted molar refractivity (Wildman–Crippen MR) is 80.6 cm³/mol. The minimum atomic E-state index is 0.927. The summed E-state index contributed by atoms with van der Waals surface area (Å²) in [6, 6.07) is 19.0. The Morgan fingerprint density at radius 2 is 1.61 bits per heavy atom. The molecule has 18 heavy (non-hydrogen) atoms. The largest absolute Gasteiger partial charge is 0.313 e. The van der Waals surface area contributed by atoms with Crippen LogP contribution in [-0.2, 0) is 13.0 Å². The average molecular weight is 304 g/mol. The van der Waals surface area contributed by atoms with Crippen LogP contribution in [0.3, 0.4) is 0 Å². The first-order valence-electron chi connectivity index (χ1n) is 6.34. The van der Waals surface area contributed by atoms with Crippen LogP contribution in [0.5, 0.6) is 0 Å². The smallest absolute Gasteiger partial charge is 0.0220 e. The van der Waals surface area contributed by atoms with Crippen LogP contribution in [0.2, 0.25) is 0 Å². The summed E-state index contributed by atoms with van der Waals surface area (Å²) in [4.78, 5) is 0. The zero-order chi connectivity index (χ0) is 12.6. The molecule has 1 nitrogen and oxygen atoms in total. The maximum atomic E-state index is 3.56. The number of hydrogen-bond donors (Lipinski definition) is 1. The van der Waals surface area contributed by atoms with Crippen LogP contribution in [0, 0.1) is 0 Å². The van der Waals surface area contributed by atoms with Crippen LogP contribution < -0.4 is 5.32 Å². The van der Waals surface area contributed by atoms with Gasteiger partial charge in [0.25, 0.3) is 0 Å². The number of aryl methyl sites for hydroxylation is 1. The zero-order valence-corrected chi connectivity index (χ0v) is 12.0. The fourth-order valence-electron chi connectivity index (χ4n) is 1.93. The van der Waals surface area contributed by atoms with Crippen LogP contribution in [0.1, 0.15) is 17.5 Å². The first-order valence-corrected chi connectivity index (χ1v) is 7.13.